The van der Waals surface area contributed by atoms with Crippen molar-refractivity contribution >= 4 is 5.96 Å². The first-order valence-corrected chi connectivity index (χ1v) is 8.98. The van der Waals surface area contributed by atoms with Crippen molar-refractivity contribution in [2.75, 3.05) is 40.0 Å². The van der Waals surface area contributed by atoms with Crippen LogP contribution >= 0.6 is 0 Å². The number of aliphatic imine (C=N–C) groups is 1. The Morgan fingerprint density at radius 2 is 2.08 bits per heavy atom. The molecule has 134 valence electrons. The van der Waals surface area contributed by atoms with Crippen LogP contribution in [-0.2, 0) is 9.47 Å². The van der Waals surface area contributed by atoms with Gasteiger partial charge in [0.25, 0.3) is 0 Å². The van der Waals surface area contributed by atoms with Crippen LogP contribution in [0.4, 0.5) is 0 Å². The second kappa shape index (κ2) is 11.0. The van der Waals surface area contributed by atoms with Crippen LogP contribution in [0.15, 0.2) is 35.3 Å². The molecule has 0 aromatic heterocycles. The highest BCUT2D eigenvalue weighted by Crippen LogP contribution is 2.17. The number of guanidine groups is 1. The largest absolute Gasteiger partial charge is 0.379 e. The topological polar surface area (TPSA) is 54.9 Å². The van der Waals surface area contributed by atoms with Crippen molar-refractivity contribution < 1.29 is 9.47 Å². The number of rotatable bonds is 9. The van der Waals surface area contributed by atoms with Gasteiger partial charge < -0.3 is 20.1 Å². The second-order valence-electron chi connectivity index (χ2n) is 6.24. The fraction of sp³-hybridized carbons (Fsp3) is 0.632. The molecule has 24 heavy (non-hydrogen) atoms. The molecular weight excluding hydrogens is 302 g/mol. The van der Waals surface area contributed by atoms with Crippen molar-refractivity contribution in [2.45, 2.75) is 38.2 Å². The van der Waals surface area contributed by atoms with E-state index < -0.39 is 0 Å². The van der Waals surface area contributed by atoms with Crippen molar-refractivity contribution in [3.8, 4) is 0 Å². The van der Waals surface area contributed by atoms with Crippen LogP contribution in [0.2, 0.25) is 0 Å². The van der Waals surface area contributed by atoms with Gasteiger partial charge in [-0.15, -0.1) is 0 Å². The molecule has 1 aliphatic heterocycles. The average molecular weight is 333 g/mol. The molecule has 2 unspecified atom stereocenters. The van der Waals surface area contributed by atoms with Crippen LogP contribution < -0.4 is 10.6 Å². The molecule has 2 N–H and O–H groups in total. The zero-order chi connectivity index (χ0) is 17.0. The summed E-state index contributed by atoms with van der Waals surface area (Å²) in [6.45, 7) is 6.38. The van der Waals surface area contributed by atoms with Crippen molar-refractivity contribution in [3.05, 3.63) is 35.9 Å². The average Bonchev–Trinajstić information content (AvgIpc) is 3.14. The van der Waals surface area contributed by atoms with E-state index in [0.29, 0.717) is 12.0 Å². The SMILES string of the molecule is CN=C(NCCCOC1CCOC1)NCCC(C)c1ccccc1. The van der Waals surface area contributed by atoms with E-state index in [4.69, 9.17) is 9.47 Å². The monoisotopic (exact) mass is 333 g/mol. The van der Waals surface area contributed by atoms with Gasteiger partial charge in [-0.1, -0.05) is 37.3 Å². The Balaban J connectivity index is 1.53. The van der Waals surface area contributed by atoms with E-state index in [9.17, 15) is 0 Å². The zero-order valence-electron chi connectivity index (χ0n) is 15.0. The van der Waals surface area contributed by atoms with Gasteiger partial charge in [0, 0.05) is 33.4 Å². The highest BCUT2D eigenvalue weighted by Gasteiger charge is 2.15. The quantitative estimate of drug-likeness (QED) is 0.414. The third-order valence-electron chi connectivity index (χ3n) is 4.32. The standard InChI is InChI=1S/C19H31N3O2/c1-16(17-7-4-3-5-8-17)9-12-22-19(20-2)21-11-6-13-24-18-10-14-23-15-18/h3-5,7-8,16,18H,6,9-15H2,1-2H3,(H2,20,21,22). The number of benzene rings is 1. The summed E-state index contributed by atoms with van der Waals surface area (Å²) in [7, 11) is 1.81. The molecule has 1 aliphatic rings. The third-order valence-corrected chi connectivity index (χ3v) is 4.32. The molecule has 2 atom stereocenters. The first-order chi connectivity index (χ1) is 11.8. The van der Waals surface area contributed by atoms with Crippen LogP contribution in [0.1, 0.15) is 37.7 Å². The first-order valence-electron chi connectivity index (χ1n) is 8.98. The Hall–Kier alpha value is -1.59. The molecular formula is C19H31N3O2. The second-order valence-corrected chi connectivity index (χ2v) is 6.24. The number of nitrogens with one attached hydrogen (secondary N) is 2. The minimum absolute atomic E-state index is 0.293. The van der Waals surface area contributed by atoms with E-state index in [-0.39, 0.29) is 0 Å². The summed E-state index contributed by atoms with van der Waals surface area (Å²) in [6, 6.07) is 10.6. The van der Waals surface area contributed by atoms with E-state index in [0.717, 1.165) is 58.1 Å². The lowest BCUT2D eigenvalue weighted by atomic mass is 9.98. The maximum atomic E-state index is 5.75. The van der Waals surface area contributed by atoms with Gasteiger partial charge in [0.1, 0.15) is 0 Å². The molecule has 2 rings (SSSR count). The minimum atomic E-state index is 0.293. The lowest BCUT2D eigenvalue weighted by molar-refractivity contribution is 0.0420. The summed E-state index contributed by atoms with van der Waals surface area (Å²) >= 11 is 0. The fourth-order valence-electron chi connectivity index (χ4n) is 2.75. The molecule has 0 spiro atoms. The molecule has 1 fully saturated rings. The highest BCUT2D eigenvalue weighted by atomic mass is 16.5. The molecule has 1 aromatic rings. The van der Waals surface area contributed by atoms with E-state index in [2.05, 4.69) is 52.9 Å². The number of nitrogens with zero attached hydrogens (tertiary/aromatic N) is 1. The van der Waals surface area contributed by atoms with Gasteiger partial charge in [0.2, 0.25) is 0 Å². The van der Waals surface area contributed by atoms with Crippen molar-refractivity contribution in [3.63, 3.8) is 0 Å². The summed E-state index contributed by atoms with van der Waals surface area (Å²) in [4.78, 5) is 4.27. The summed E-state index contributed by atoms with van der Waals surface area (Å²) in [6.07, 6.45) is 3.37. The van der Waals surface area contributed by atoms with Crippen molar-refractivity contribution in [1.29, 1.82) is 0 Å². The maximum Gasteiger partial charge on any atom is 0.190 e. The highest BCUT2D eigenvalue weighted by molar-refractivity contribution is 5.79. The molecule has 5 nitrogen and oxygen atoms in total. The zero-order valence-corrected chi connectivity index (χ0v) is 15.0. The predicted octanol–water partition coefficient (Wildman–Crippen LogP) is 2.54. The van der Waals surface area contributed by atoms with Crippen molar-refractivity contribution in [1.82, 2.24) is 10.6 Å². The number of hydrogen-bond acceptors (Lipinski definition) is 3. The third kappa shape index (κ3) is 6.89. The molecule has 1 heterocycles. The van der Waals surface area contributed by atoms with E-state index in [1.54, 1.807) is 0 Å². The smallest absolute Gasteiger partial charge is 0.190 e. The van der Waals surface area contributed by atoms with Gasteiger partial charge in [0.05, 0.1) is 12.7 Å². The van der Waals surface area contributed by atoms with E-state index in [1.165, 1.54) is 5.56 Å². The molecule has 0 aliphatic carbocycles. The Morgan fingerprint density at radius 1 is 1.29 bits per heavy atom. The van der Waals surface area contributed by atoms with Gasteiger partial charge in [-0.3, -0.25) is 4.99 Å². The minimum Gasteiger partial charge on any atom is -0.379 e. The Kier molecular flexibility index (Phi) is 8.63. The maximum absolute atomic E-state index is 5.75. The Morgan fingerprint density at radius 3 is 2.79 bits per heavy atom. The lowest BCUT2D eigenvalue weighted by Gasteiger charge is -2.15. The first kappa shape index (κ1) is 18.7. The van der Waals surface area contributed by atoms with Crippen LogP contribution in [-0.4, -0.2) is 52.0 Å². The molecule has 0 saturated carbocycles. The number of hydrogen-bond donors (Lipinski definition) is 2. The van der Waals surface area contributed by atoms with Crippen LogP contribution in [0.25, 0.3) is 0 Å². The summed E-state index contributed by atoms with van der Waals surface area (Å²) in [5.74, 6) is 1.40. The van der Waals surface area contributed by atoms with Gasteiger partial charge >= 0.3 is 0 Å². The molecule has 5 heteroatoms. The summed E-state index contributed by atoms with van der Waals surface area (Å²) in [5, 5.41) is 6.72. The van der Waals surface area contributed by atoms with Gasteiger partial charge in [-0.25, -0.2) is 0 Å². The van der Waals surface area contributed by atoms with Crippen LogP contribution in [0.3, 0.4) is 0 Å². The van der Waals surface area contributed by atoms with Crippen LogP contribution in [0.5, 0.6) is 0 Å². The van der Waals surface area contributed by atoms with E-state index >= 15 is 0 Å². The summed E-state index contributed by atoms with van der Waals surface area (Å²) < 4.78 is 11.1. The Labute approximate surface area is 145 Å². The van der Waals surface area contributed by atoms with Crippen molar-refractivity contribution in [2.24, 2.45) is 4.99 Å². The van der Waals surface area contributed by atoms with Gasteiger partial charge in [0.15, 0.2) is 5.96 Å². The molecule has 0 amide bonds. The summed E-state index contributed by atoms with van der Waals surface area (Å²) in [5.41, 5.74) is 1.38. The van der Waals surface area contributed by atoms with Crippen LogP contribution in [0, 0.1) is 0 Å². The van der Waals surface area contributed by atoms with Gasteiger partial charge in [-0.05, 0) is 30.7 Å². The molecule has 1 aromatic carbocycles. The molecule has 1 saturated heterocycles. The predicted molar refractivity (Wildman–Crippen MR) is 98.6 cm³/mol. The fourth-order valence-corrected chi connectivity index (χ4v) is 2.75. The van der Waals surface area contributed by atoms with Gasteiger partial charge in [-0.2, -0.15) is 0 Å². The molecule has 0 bridgehead atoms. The number of ether oxygens (including phenoxy) is 2. The Bertz CT molecular complexity index is 473. The lowest BCUT2D eigenvalue weighted by Crippen LogP contribution is -2.38. The molecule has 0 radical (unpaired) electrons. The normalized spacial score (nSPS) is 19.2. The van der Waals surface area contributed by atoms with E-state index in [1.807, 2.05) is 7.05 Å².